The highest BCUT2D eigenvalue weighted by molar-refractivity contribution is 6.07. The number of aromatic nitrogens is 3. The van der Waals surface area contributed by atoms with Gasteiger partial charge in [0.25, 0.3) is 0 Å². The largest absolute Gasteiger partial charge is 0.254 e. The third-order valence-electron chi connectivity index (χ3n) is 4.02. The third kappa shape index (κ3) is 1.59. The molecule has 5 rings (SSSR count). The lowest BCUT2D eigenvalue weighted by molar-refractivity contribution is 1.38. The van der Waals surface area contributed by atoms with Crippen molar-refractivity contribution < 1.29 is 0 Å². The molecule has 0 fully saturated rings. The van der Waals surface area contributed by atoms with Crippen molar-refractivity contribution in [1.29, 1.82) is 0 Å². The monoisotopic (exact) mass is 281 g/mol. The van der Waals surface area contributed by atoms with Gasteiger partial charge in [0.1, 0.15) is 11.0 Å². The molecule has 3 nitrogen and oxygen atoms in total. The number of pyridine rings is 3. The second kappa shape index (κ2) is 4.21. The summed E-state index contributed by atoms with van der Waals surface area (Å²) >= 11 is 0. The number of nitrogens with zero attached hydrogens (tertiary/aromatic N) is 3. The van der Waals surface area contributed by atoms with Gasteiger partial charge in [-0.1, -0.05) is 36.4 Å². The molecule has 2 aromatic carbocycles. The van der Waals surface area contributed by atoms with Gasteiger partial charge in [0.05, 0.1) is 16.6 Å². The third-order valence-corrected chi connectivity index (χ3v) is 4.02. The van der Waals surface area contributed by atoms with E-state index >= 15 is 0 Å². The van der Waals surface area contributed by atoms with E-state index in [-0.39, 0.29) is 0 Å². The number of hydrogen-bond donors (Lipinski definition) is 0. The van der Waals surface area contributed by atoms with Gasteiger partial charge < -0.3 is 0 Å². The summed E-state index contributed by atoms with van der Waals surface area (Å²) in [5.41, 5.74) is 4.61. The molecule has 0 saturated carbocycles. The van der Waals surface area contributed by atoms with E-state index in [2.05, 4.69) is 29.2 Å². The van der Waals surface area contributed by atoms with Crippen LogP contribution >= 0.6 is 0 Å². The van der Waals surface area contributed by atoms with Crippen molar-refractivity contribution >= 4 is 43.7 Å². The molecule has 3 heterocycles. The Hall–Kier alpha value is -3.07. The number of fused-ring (bicyclic) bond motifs is 5. The summed E-state index contributed by atoms with van der Waals surface area (Å²) in [6.45, 7) is 0. The van der Waals surface area contributed by atoms with Crippen LogP contribution in [-0.2, 0) is 0 Å². The molecule has 0 radical (unpaired) electrons. The van der Waals surface area contributed by atoms with Crippen LogP contribution < -0.4 is 0 Å². The zero-order valence-corrected chi connectivity index (χ0v) is 11.7. The fourth-order valence-electron chi connectivity index (χ4n) is 2.94. The van der Waals surface area contributed by atoms with Crippen molar-refractivity contribution in [1.82, 2.24) is 15.0 Å². The highest BCUT2D eigenvalue weighted by Crippen LogP contribution is 2.26. The van der Waals surface area contributed by atoms with E-state index in [1.807, 2.05) is 42.6 Å². The molecule has 3 heteroatoms. The molecule has 102 valence electrons. The van der Waals surface area contributed by atoms with E-state index < -0.39 is 0 Å². The minimum Gasteiger partial charge on any atom is -0.254 e. The molecular weight excluding hydrogens is 270 g/mol. The molecule has 0 atom stereocenters. The van der Waals surface area contributed by atoms with Crippen LogP contribution in [0.3, 0.4) is 0 Å². The molecule has 0 amide bonds. The van der Waals surface area contributed by atoms with Crippen LogP contribution in [-0.4, -0.2) is 15.0 Å². The lowest BCUT2D eigenvalue weighted by Gasteiger charge is -2.05. The summed E-state index contributed by atoms with van der Waals surface area (Å²) in [5.74, 6) is 0. The molecule has 0 N–H and O–H groups in total. The van der Waals surface area contributed by atoms with Gasteiger partial charge in [0.15, 0.2) is 0 Å². The van der Waals surface area contributed by atoms with Crippen LogP contribution in [0, 0.1) is 0 Å². The maximum atomic E-state index is 4.81. The molecule has 0 aliphatic carbocycles. The quantitative estimate of drug-likeness (QED) is 0.310. The predicted molar refractivity (Wildman–Crippen MR) is 89.9 cm³/mol. The molecule has 0 unspecified atom stereocenters. The van der Waals surface area contributed by atoms with E-state index in [9.17, 15) is 0 Å². The molecular formula is C19H11N3. The zero-order chi connectivity index (χ0) is 14.5. The van der Waals surface area contributed by atoms with E-state index in [1.165, 1.54) is 0 Å². The first-order valence-electron chi connectivity index (χ1n) is 7.22. The fourth-order valence-corrected chi connectivity index (χ4v) is 2.94. The Morgan fingerprint density at radius 2 is 1.18 bits per heavy atom. The first kappa shape index (κ1) is 11.6. The van der Waals surface area contributed by atoms with E-state index in [4.69, 9.17) is 9.97 Å². The van der Waals surface area contributed by atoms with Crippen LogP contribution in [0.15, 0.2) is 66.9 Å². The first-order valence-corrected chi connectivity index (χ1v) is 7.22. The average molecular weight is 281 g/mol. The van der Waals surface area contributed by atoms with E-state index in [0.717, 1.165) is 43.7 Å². The fraction of sp³-hybridized carbons (Fsp3) is 0. The first-order chi connectivity index (χ1) is 10.9. The highest BCUT2D eigenvalue weighted by Gasteiger charge is 2.08. The van der Waals surface area contributed by atoms with E-state index in [1.54, 1.807) is 0 Å². The summed E-state index contributed by atoms with van der Waals surface area (Å²) < 4.78 is 0. The minimum atomic E-state index is 0.863. The van der Waals surface area contributed by atoms with Crippen LogP contribution in [0.2, 0.25) is 0 Å². The Labute approximate surface area is 126 Å². The number of benzene rings is 2. The molecule has 3 aromatic heterocycles. The standard InChI is InChI=1S/C19H11N3/c1-3-7-15-12(5-1)9-14-11-20-17-10-13-6-2-4-8-16(13)22-19(17)18(14)21-15/h1-11H. The number of para-hydroxylation sites is 2. The van der Waals surface area contributed by atoms with Crippen LogP contribution in [0.1, 0.15) is 0 Å². The Morgan fingerprint density at radius 1 is 0.545 bits per heavy atom. The second-order valence-corrected chi connectivity index (χ2v) is 5.43. The van der Waals surface area contributed by atoms with Gasteiger partial charge in [-0.25, -0.2) is 9.97 Å². The van der Waals surface area contributed by atoms with Crippen molar-refractivity contribution in [2.24, 2.45) is 0 Å². The molecule has 0 bridgehead atoms. The van der Waals surface area contributed by atoms with Gasteiger partial charge in [0, 0.05) is 22.4 Å². The molecule has 0 aliphatic rings. The summed E-state index contributed by atoms with van der Waals surface area (Å²) in [5, 5.41) is 3.24. The number of rotatable bonds is 0. The van der Waals surface area contributed by atoms with Crippen molar-refractivity contribution in [3.63, 3.8) is 0 Å². The molecule has 0 spiro atoms. The Kier molecular flexibility index (Phi) is 2.22. The van der Waals surface area contributed by atoms with Crippen molar-refractivity contribution in [2.45, 2.75) is 0 Å². The number of hydrogen-bond acceptors (Lipinski definition) is 3. The molecule has 0 aliphatic heterocycles. The summed E-state index contributed by atoms with van der Waals surface area (Å²) in [6, 6.07) is 20.4. The lowest BCUT2D eigenvalue weighted by atomic mass is 10.1. The van der Waals surface area contributed by atoms with Crippen molar-refractivity contribution in [3.8, 4) is 0 Å². The topological polar surface area (TPSA) is 38.7 Å². The zero-order valence-electron chi connectivity index (χ0n) is 11.7. The summed E-state index contributed by atoms with van der Waals surface area (Å²) in [4.78, 5) is 14.2. The Morgan fingerprint density at radius 3 is 1.95 bits per heavy atom. The van der Waals surface area contributed by atoms with Gasteiger partial charge in [-0.2, -0.15) is 0 Å². The SMILES string of the molecule is c1ccc2nc3c(cnc4cc5ccccc5nc43)cc2c1. The Bertz CT molecular complexity index is 1080. The Balaban J connectivity index is 2.00. The summed E-state index contributed by atoms with van der Waals surface area (Å²) in [6.07, 6.45) is 1.88. The van der Waals surface area contributed by atoms with Gasteiger partial charge in [-0.05, 0) is 24.3 Å². The minimum absolute atomic E-state index is 0.863. The molecule has 0 saturated heterocycles. The smallest absolute Gasteiger partial charge is 0.116 e. The van der Waals surface area contributed by atoms with Gasteiger partial charge in [-0.15, -0.1) is 0 Å². The summed E-state index contributed by atoms with van der Waals surface area (Å²) in [7, 11) is 0. The van der Waals surface area contributed by atoms with Gasteiger partial charge >= 0.3 is 0 Å². The lowest BCUT2D eigenvalue weighted by Crippen LogP contribution is -1.90. The van der Waals surface area contributed by atoms with Crippen LogP contribution in [0.4, 0.5) is 0 Å². The van der Waals surface area contributed by atoms with Gasteiger partial charge in [-0.3, -0.25) is 4.98 Å². The highest BCUT2D eigenvalue weighted by atomic mass is 14.8. The van der Waals surface area contributed by atoms with Gasteiger partial charge in [0.2, 0.25) is 0 Å². The average Bonchev–Trinajstić information content (AvgIpc) is 2.58. The molecule has 22 heavy (non-hydrogen) atoms. The normalized spacial score (nSPS) is 11.6. The van der Waals surface area contributed by atoms with Crippen LogP contribution in [0.25, 0.3) is 43.7 Å². The maximum absolute atomic E-state index is 4.81. The van der Waals surface area contributed by atoms with Crippen molar-refractivity contribution in [3.05, 3.63) is 66.9 Å². The maximum Gasteiger partial charge on any atom is 0.116 e. The van der Waals surface area contributed by atoms with Crippen LogP contribution in [0.5, 0.6) is 0 Å². The molecule has 5 aromatic rings. The van der Waals surface area contributed by atoms with Crippen molar-refractivity contribution in [2.75, 3.05) is 0 Å². The predicted octanol–water partition coefficient (Wildman–Crippen LogP) is 4.48. The van der Waals surface area contributed by atoms with E-state index in [0.29, 0.717) is 0 Å². The second-order valence-electron chi connectivity index (χ2n) is 5.43.